The van der Waals surface area contributed by atoms with Gasteiger partial charge in [-0.1, -0.05) is 42.5 Å². The average Bonchev–Trinajstić information content (AvgIpc) is 3.10. The lowest BCUT2D eigenvalue weighted by Crippen LogP contribution is -2.41. The van der Waals surface area contributed by atoms with E-state index in [9.17, 15) is 18.8 Å². The van der Waals surface area contributed by atoms with E-state index >= 15 is 0 Å². The summed E-state index contributed by atoms with van der Waals surface area (Å²) in [6.07, 6.45) is 4.03. The number of hydrogen-bond acceptors (Lipinski definition) is 6. The molecule has 34 heavy (non-hydrogen) atoms. The van der Waals surface area contributed by atoms with Gasteiger partial charge in [-0.15, -0.1) is 0 Å². The van der Waals surface area contributed by atoms with Crippen molar-refractivity contribution in [1.82, 2.24) is 15.8 Å². The first-order valence-corrected chi connectivity index (χ1v) is 11.8. The van der Waals surface area contributed by atoms with Crippen LogP contribution in [0.15, 0.2) is 53.4 Å². The Bertz CT molecular complexity index is 1090. The molecule has 178 valence electrons. The van der Waals surface area contributed by atoms with Crippen LogP contribution in [-0.4, -0.2) is 40.6 Å². The maximum atomic E-state index is 12.9. The van der Waals surface area contributed by atoms with Crippen LogP contribution in [-0.2, 0) is 9.59 Å². The Kier molecular flexibility index (Phi) is 9.17. The fourth-order valence-corrected chi connectivity index (χ4v) is 4.45. The molecule has 1 saturated heterocycles. The van der Waals surface area contributed by atoms with Gasteiger partial charge < -0.3 is 4.74 Å². The van der Waals surface area contributed by atoms with Crippen LogP contribution in [0.25, 0.3) is 6.08 Å². The third kappa shape index (κ3) is 7.13. The Hall–Kier alpha value is -3.24. The van der Waals surface area contributed by atoms with E-state index in [0.29, 0.717) is 35.0 Å². The van der Waals surface area contributed by atoms with Crippen LogP contribution in [0.2, 0.25) is 0 Å². The number of amides is 3. The van der Waals surface area contributed by atoms with E-state index in [2.05, 4.69) is 10.9 Å². The number of hydrogen-bond donors (Lipinski definition) is 2. The molecule has 0 unspecified atom stereocenters. The Morgan fingerprint density at radius 3 is 2.44 bits per heavy atom. The molecule has 1 heterocycles. The summed E-state index contributed by atoms with van der Waals surface area (Å²) in [5.74, 6) is -0.672. The van der Waals surface area contributed by atoms with Gasteiger partial charge in [0.2, 0.25) is 5.91 Å². The third-order valence-corrected chi connectivity index (χ3v) is 6.37. The molecule has 1 aliphatic rings. The minimum Gasteiger partial charge on any atom is -0.497 e. The normalized spacial score (nSPS) is 14.4. The fourth-order valence-electron chi connectivity index (χ4n) is 3.14. The lowest BCUT2D eigenvalue weighted by atomic mass is 10.1. The first-order chi connectivity index (χ1) is 16.4. The van der Waals surface area contributed by atoms with Crippen LogP contribution in [0.5, 0.6) is 5.75 Å². The molecule has 0 bridgehead atoms. The maximum absolute atomic E-state index is 12.9. The molecular weight excluding hydrogens is 477 g/mol. The van der Waals surface area contributed by atoms with Gasteiger partial charge in [0.05, 0.1) is 12.0 Å². The summed E-state index contributed by atoms with van der Waals surface area (Å²) in [4.78, 5) is 38.7. The smallest absolute Gasteiger partial charge is 0.269 e. The summed E-state index contributed by atoms with van der Waals surface area (Å²) >= 11 is 6.63. The Balaban J connectivity index is 1.36. The monoisotopic (exact) mass is 501 g/mol. The zero-order valence-corrected chi connectivity index (χ0v) is 20.1. The second-order valence-corrected chi connectivity index (χ2v) is 9.10. The fraction of sp³-hybridized carbons (Fsp3) is 0.250. The number of carbonyl (C=O) groups is 3. The largest absolute Gasteiger partial charge is 0.497 e. The van der Waals surface area contributed by atoms with Crippen molar-refractivity contribution < 1.29 is 23.5 Å². The van der Waals surface area contributed by atoms with Crippen LogP contribution in [0.4, 0.5) is 4.39 Å². The van der Waals surface area contributed by atoms with Crippen LogP contribution >= 0.6 is 24.0 Å². The molecule has 1 fully saturated rings. The Labute approximate surface area is 206 Å². The molecule has 3 rings (SSSR count). The first-order valence-electron chi connectivity index (χ1n) is 10.6. The molecule has 2 N–H and O–H groups in total. The molecule has 7 nitrogen and oxygen atoms in total. The van der Waals surface area contributed by atoms with Crippen molar-refractivity contribution >= 4 is 52.1 Å². The van der Waals surface area contributed by atoms with E-state index in [1.807, 2.05) is 30.3 Å². The minimum absolute atomic E-state index is 0.118. The number of nitrogens with one attached hydrogen (secondary N) is 2. The van der Waals surface area contributed by atoms with Crippen LogP contribution in [0.3, 0.4) is 0 Å². The highest BCUT2D eigenvalue weighted by atomic mass is 32.2. The predicted octanol–water partition coefficient (Wildman–Crippen LogP) is 4.06. The zero-order chi connectivity index (χ0) is 24.5. The number of ether oxygens (including phenoxy) is 1. The number of rotatable bonds is 9. The van der Waals surface area contributed by atoms with E-state index in [0.717, 1.165) is 11.3 Å². The molecule has 1 aliphatic heterocycles. The Morgan fingerprint density at radius 1 is 1.06 bits per heavy atom. The molecule has 2 aromatic carbocycles. The van der Waals surface area contributed by atoms with Gasteiger partial charge in [-0.05, 0) is 60.9 Å². The molecule has 2 aromatic rings. The van der Waals surface area contributed by atoms with Gasteiger partial charge in [0.25, 0.3) is 11.8 Å². The second-order valence-electron chi connectivity index (χ2n) is 7.43. The average molecular weight is 502 g/mol. The number of halogens is 1. The van der Waals surface area contributed by atoms with Gasteiger partial charge in [0.15, 0.2) is 0 Å². The molecule has 0 radical (unpaired) electrons. The zero-order valence-electron chi connectivity index (χ0n) is 18.5. The number of thioether (sulfide) groups is 1. The van der Waals surface area contributed by atoms with Crippen molar-refractivity contribution in [2.75, 3.05) is 13.7 Å². The number of benzene rings is 2. The van der Waals surface area contributed by atoms with Gasteiger partial charge >= 0.3 is 0 Å². The third-order valence-electron chi connectivity index (χ3n) is 4.99. The second kappa shape index (κ2) is 12.3. The van der Waals surface area contributed by atoms with Crippen LogP contribution in [0, 0.1) is 5.82 Å². The lowest BCUT2D eigenvalue weighted by Gasteiger charge is -2.14. The summed E-state index contributed by atoms with van der Waals surface area (Å²) in [5.41, 5.74) is 5.77. The summed E-state index contributed by atoms with van der Waals surface area (Å²) in [5, 5.41) is 0. The number of unbranched alkanes of at least 4 members (excludes halogenated alkanes) is 2. The standard InChI is InChI=1S/C24H24FN3O4S2/c1-32-19-12-6-16(7-13-19)15-20-23(31)28(24(33)34-20)14-4-2-3-5-21(29)26-27-22(30)17-8-10-18(25)11-9-17/h6-13,15H,2-5,14H2,1H3,(H,26,29)(H,27,30). The summed E-state index contributed by atoms with van der Waals surface area (Å²) in [6, 6.07) is 12.4. The Morgan fingerprint density at radius 2 is 1.76 bits per heavy atom. The molecule has 0 aliphatic carbocycles. The minimum atomic E-state index is -0.523. The summed E-state index contributed by atoms with van der Waals surface area (Å²) < 4.78 is 18.6. The number of hydrazine groups is 1. The SMILES string of the molecule is COc1ccc(C=C2SC(=S)N(CCCCCC(=O)NNC(=O)c3ccc(F)cc3)C2=O)cc1. The highest BCUT2D eigenvalue weighted by Gasteiger charge is 2.31. The van der Waals surface area contributed by atoms with Crippen molar-refractivity contribution in [2.24, 2.45) is 0 Å². The lowest BCUT2D eigenvalue weighted by molar-refractivity contribution is -0.123. The van der Waals surface area contributed by atoms with E-state index in [1.54, 1.807) is 12.0 Å². The van der Waals surface area contributed by atoms with Crippen molar-refractivity contribution in [3.8, 4) is 5.75 Å². The predicted molar refractivity (Wildman–Crippen MR) is 133 cm³/mol. The van der Waals surface area contributed by atoms with E-state index in [-0.39, 0.29) is 23.8 Å². The summed E-state index contributed by atoms with van der Waals surface area (Å²) in [7, 11) is 1.60. The van der Waals surface area contributed by atoms with Crippen molar-refractivity contribution in [3.63, 3.8) is 0 Å². The van der Waals surface area contributed by atoms with Crippen LogP contribution in [0.1, 0.15) is 41.6 Å². The van der Waals surface area contributed by atoms with Gasteiger partial charge in [-0.25, -0.2) is 4.39 Å². The molecule has 0 spiro atoms. The first kappa shape index (κ1) is 25.4. The van der Waals surface area contributed by atoms with E-state index < -0.39 is 11.7 Å². The maximum Gasteiger partial charge on any atom is 0.269 e. The van der Waals surface area contributed by atoms with Crippen molar-refractivity contribution in [2.45, 2.75) is 25.7 Å². The van der Waals surface area contributed by atoms with Gasteiger partial charge in [-0.2, -0.15) is 0 Å². The van der Waals surface area contributed by atoms with Gasteiger partial charge in [0.1, 0.15) is 15.9 Å². The molecule has 0 aromatic heterocycles. The molecule has 10 heteroatoms. The van der Waals surface area contributed by atoms with E-state index in [1.165, 1.54) is 36.0 Å². The van der Waals surface area contributed by atoms with Crippen LogP contribution < -0.4 is 15.6 Å². The highest BCUT2D eigenvalue weighted by molar-refractivity contribution is 8.26. The topological polar surface area (TPSA) is 87.7 Å². The molecule has 0 saturated carbocycles. The van der Waals surface area contributed by atoms with E-state index in [4.69, 9.17) is 17.0 Å². The van der Waals surface area contributed by atoms with Crippen molar-refractivity contribution in [1.29, 1.82) is 0 Å². The van der Waals surface area contributed by atoms with Crippen molar-refractivity contribution in [3.05, 3.63) is 70.4 Å². The molecule has 3 amide bonds. The number of nitrogens with zero attached hydrogens (tertiary/aromatic N) is 1. The van der Waals surface area contributed by atoms with Gasteiger partial charge in [-0.3, -0.25) is 30.1 Å². The molecule has 0 atom stereocenters. The van der Waals surface area contributed by atoms with Gasteiger partial charge in [0, 0.05) is 18.5 Å². The summed E-state index contributed by atoms with van der Waals surface area (Å²) in [6.45, 7) is 0.480. The molecular formula is C24H24FN3O4S2. The number of carbonyl (C=O) groups excluding carboxylic acids is 3. The number of methoxy groups -OCH3 is 1. The highest BCUT2D eigenvalue weighted by Crippen LogP contribution is 2.33. The number of thiocarbonyl (C=S) groups is 1. The quantitative estimate of drug-likeness (QED) is 0.233.